The van der Waals surface area contributed by atoms with Crippen LogP contribution in [0.1, 0.15) is 26.3 Å². The predicted molar refractivity (Wildman–Crippen MR) is 88.8 cm³/mol. The molecule has 2 N–H and O–H groups in total. The van der Waals surface area contributed by atoms with E-state index in [4.69, 9.17) is 0 Å². The molecule has 0 bridgehead atoms. The van der Waals surface area contributed by atoms with Crippen molar-refractivity contribution in [1.29, 1.82) is 0 Å². The average molecular weight is 326 g/mol. The Morgan fingerprint density at radius 2 is 1.83 bits per heavy atom. The number of fused-ring (bicyclic) bond motifs is 1. The Morgan fingerprint density at radius 3 is 2.61 bits per heavy atom. The molecular weight excluding hydrogens is 312 g/mol. The van der Waals surface area contributed by atoms with Gasteiger partial charge in [-0.3, -0.25) is 19.7 Å². The van der Waals surface area contributed by atoms with Gasteiger partial charge in [0.1, 0.15) is 0 Å². The second-order valence-corrected chi connectivity index (χ2v) is 6.16. The number of benzene rings is 2. The smallest absolute Gasteiger partial charge is 0.259 e. The average Bonchev–Trinajstić information content (AvgIpc) is 2.81. The first-order chi connectivity index (χ1) is 11.0. The summed E-state index contributed by atoms with van der Waals surface area (Å²) < 4.78 is 0. The number of carbonyl (C=O) groups is 3. The monoisotopic (exact) mass is 326 g/mol. The number of anilines is 1. The lowest BCUT2D eigenvalue weighted by atomic mass is 10.1. The highest BCUT2D eigenvalue weighted by Gasteiger charge is 2.26. The molecule has 1 aliphatic heterocycles. The quantitative estimate of drug-likeness (QED) is 0.669. The van der Waals surface area contributed by atoms with Gasteiger partial charge in [-0.05, 0) is 36.8 Å². The topological polar surface area (TPSA) is 75.3 Å². The number of aryl methyl sites for hydroxylation is 1. The van der Waals surface area contributed by atoms with Crippen molar-refractivity contribution in [3.63, 3.8) is 0 Å². The Balaban J connectivity index is 1.65. The van der Waals surface area contributed by atoms with Crippen LogP contribution in [0.4, 0.5) is 5.69 Å². The van der Waals surface area contributed by atoms with Gasteiger partial charge in [-0.2, -0.15) is 0 Å². The van der Waals surface area contributed by atoms with Crippen LogP contribution in [0.2, 0.25) is 0 Å². The molecule has 116 valence electrons. The summed E-state index contributed by atoms with van der Waals surface area (Å²) in [6, 6.07) is 12.5. The predicted octanol–water partition coefficient (Wildman–Crippen LogP) is 2.61. The summed E-state index contributed by atoms with van der Waals surface area (Å²) in [6.07, 6.45) is 0. The number of hydrogen-bond acceptors (Lipinski definition) is 4. The molecule has 1 heterocycles. The first kappa shape index (κ1) is 15.3. The molecule has 1 aliphatic rings. The molecule has 0 spiro atoms. The van der Waals surface area contributed by atoms with Crippen LogP contribution in [0, 0.1) is 6.92 Å². The third-order valence-corrected chi connectivity index (χ3v) is 4.65. The highest BCUT2D eigenvalue weighted by atomic mass is 32.2. The molecule has 0 saturated carbocycles. The molecule has 0 aliphatic carbocycles. The van der Waals surface area contributed by atoms with E-state index in [1.165, 1.54) is 17.8 Å². The number of hydrogen-bond donors (Lipinski definition) is 2. The molecule has 0 radical (unpaired) electrons. The largest absolute Gasteiger partial charge is 0.325 e. The van der Waals surface area contributed by atoms with Crippen LogP contribution in [0.25, 0.3) is 0 Å². The summed E-state index contributed by atoms with van der Waals surface area (Å²) in [4.78, 5) is 36.2. The SMILES string of the molecule is Cc1ccccc1SCC(=O)Nc1ccc2c(c1)C(=O)NC2=O. The second-order valence-electron chi connectivity index (χ2n) is 5.15. The Morgan fingerprint density at radius 1 is 1.09 bits per heavy atom. The van der Waals surface area contributed by atoms with Gasteiger partial charge in [-0.1, -0.05) is 18.2 Å². The van der Waals surface area contributed by atoms with Crippen molar-refractivity contribution in [3.05, 3.63) is 59.2 Å². The molecule has 0 fully saturated rings. The standard InChI is InChI=1S/C17H14N2O3S/c1-10-4-2-3-5-14(10)23-9-15(20)18-11-6-7-12-13(8-11)17(22)19-16(12)21/h2-8H,9H2,1H3,(H,18,20)(H,19,21,22). The molecule has 6 heteroatoms. The molecular formula is C17H14N2O3S. The number of carbonyl (C=O) groups excluding carboxylic acids is 3. The van der Waals surface area contributed by atoms with Gasteiger partial charge in [0.2, 0.25) is 5.91 Å². The van der Waals surface area contributed by atoms with Gasteiger partial charge < -0.3 is 5.32 Å². The van der Waals surface area contributed by atoms with E-state index in [1.807, 2.05) is 31.2 Å². The van der Waals surface area contributed by atoms with E-state index in [2.05, 4.69) is 10.6 Å². The number of nitrogens with one attached hydrogen (secondary N) is 2. The molecule has 0 aromatic heterocycles. The Hall–Kier alpha value is -2.60. The molecule has 3 amide bonds. The van der Waals surface area contributed by atoms with Crippen molar-refractivity contribution in [3.8, 4) is 0 Å². The van der Waals surface area contributed by atoms with Crippen molar-refractivity contribution in [2.24, 2.45) is 0 Å². The minimum absolute atomic E-state index is 0.164. The van der Waals surface area contributed by atoms with Crippen LogP contribution >= 0.6 is 11.8 Å². The number of imide groups is 1. The van der Waals surface area contributed by atoms with Gasteiger partial charge in [-0.15, -0.1) is 11.8 Å². The van der Waals surface area contributed by atoms with Crippen LogP contribution in [0.5, 0.6) is 0 Å². The molecule has 2 aromatic carbocycles. The van der Waals surface area contributed by atoms with Crippen molar-refractivity contribution in [2.45, 2.75) is 11.8 Å². The highest BCUT2D eigenvalue weighted by molar-refractivity contribution is 8.00. The first-order valence-electron chi connectivity index (χ1n) is 7.02. The second kappa shape index (κ2) is 6.26. The zero-order valence-electron chi connectivity index (χ0n) is 12.4. The molecule has 23 heavy (non-hydrogen) atoms. The normalized spacial score (nSPS) is 12.7. The number of thioether (sulfide) groups is 1. The summed E-state index contributed by atoms with van der Waals surface area (Å²) in [5.74, 6) is -0.733. The highest BCUT2D eigenvalue weighted by Crippen LogP contribution is 2.23. The fourth-order valence-corrected chi connectivity index (χ4v) is 3.13. The molecule has 0 unspecified atom stereocenters. The molecule has 2 aromatic rings. The minimum atomic E-state index is -0.435. The summed E-state index contributed by atoms with van der Waals surface area (Å²) in [7, 11) is 0. The van der Waals surface area contributed by atoms with E-state index < -0.39 is 11.8 Å². The molecule has 0 saturated heterocycles. The lowest BCUT2D eigenvalue weighted by Gasteiger charge is -2.07. The lowest BCUT2D eigenvalue weighted by Crippen LogP contribution is -2.19. The minimum Gasteiger partial charge on any atom is -0.325 e. The van der Waals surface area contributed by atoms with Gasteiger partial charge in [0.25, 0.3) is 11.8 Å². The van der Waals surface area contributed by atoms with Crippen molar-refractivity contribution in [2.75, 3.05) is 11.1 Å². The summed E-state index contributed by atoms with van der Waals surface area (Å²) >= 11 is 1.46. The summed E-state index contributed by atoms with van der Waals surface area (Å²) in [5, 5.41) is 4.97. The van der Waals surface area contributed by atoms with Crippen molar-refractivity contribution in [1.82, 2.24) is 5.32 Å². The number of rotatable bonds is 4. The van der Waals surface area contributed by atoms with Gasteiger partial charge in [-0.25, -0.2) is 0 Å². The van der Waals surface area contributed by atoms with Gasteiger partial charge in [0.05, 0.1) is 16.9 Å². The zero-order valence-corrected chi connectivity index (χ0v) is 13.2. The third kappa shape index (κ3) is 3.27. The van der Waals surface area contributed by atoms with Crippen LogP contribution in [0.3, 0.4) is 0 Å². The maximum absolute atomic E-state index is 12.0. The fraction of sp³-hybridized carbons (Fsp3) is 0.118. The van der Waals surface area contributed by atoms with E-state index in [-0.39, 0.29) is 11.7 Å². The van der Waals surface area contributed by atoms with Crippen LogP contribution in [-0.4, -0.2) is 23.5 Å². The van der Waals surface area contributed by atoms with Crippen LogP contribution in [0.15, 0.2) is 47.4 Å². The first-order valence-corrected chi connectivity index (χ1v) is 8.01. The fourth-order valence-electron chi connectivity index (χ4n) is 2.30. The zero-order chi connectivity index (χ0) is 16.4. The Labute approximate surface area is 137 Å². The summed E-state index contributed by atoms with van der Waals surface area (Å²) in [5.41, 5.74) is 2.25. The van der Waals surface area contributed by atoms with Gasteiger partial charge >= 0.3 is 0 Å². The van der Waals surface area contributed by atoms with E-state index >= 15 is 0 Å². The number of amides is 3. The maximum Gasteiger partial charge on any atom is 0.259 e. The molecule has 3 rings (SSSR count). The van der Waals surface area contributed by atoms with E-state index in [0.717, 1.165) is 10.5 Å². The van der Waals surface area contributed by atoms with Gasteiger partial charge in [0.15, 0.2) is 0 Å². The van der Waals surface area contributed by atoms with E-state index in [0.29, 0.717) is 16.8 Å². The van der Waals surface area contributed by atoms with Crippen LogP contribution < -0.4 is 10.6 Å². The Bertz CT molecular complexity index is 817. The van der Waals surface area contributed by atoms with Crippen molar-refractivity contribution < 1.29 is 14.4 Å². The maximum atomic E-state index is 12.0. The molecule has 0 atom stereocenters. The summed E-state index contributed by atoms with van der Waals surface area (Å²) in [6.45, 7) is 2.00. The third-order valence-electron chi connectivity index (χ3n) is 3.47. The lowest BCUT2D eigenvalue weighted by molar-refractivity contribution is -0.113. The van der Waals surface area contributed by atoms with E-state index in [1.54, 1.807) is 12.1 Å². The van der Waals surface area contributed by atoms with Gasteiger partial charge in [0, 0.05) is 10.6 Å². The Kier molecular flexibility index (Phi) is 4.16. The van der Waals surface area contributed by atoms with E-state index in [9.17, 15) is 14.4 Å². The molecule has 5 nitrogen and oxygen atoms in total. The van der Waals surface area contributed by atoms with Crippen molar-refractivity contribution >= 4 is 35.2 Å². The van der Waals surface area contributed by atoms with Crippen LogP contribution in [-0.2, 0) is 4.79 Å².